The number of hydrogen-bond acceptors (Lipinski definition) is 5. The number of amides is 1. The normalized spacial score (nSPS) is 9.88. The van der Waals surface area contributed by atoms with Crippen molar-refractivity contribution in [1.82, 2.24) is 0 Å². The number of aldehydes is 1. The van der Waals surface area contributed by atoms with Gasteiger partial charge < -0.3 is 14.8 Å². The largest absolute Gasteiger partial charge is 0.482 e. The average molecular weight is 392 g/mol. The zero-order valence-electron chi connectivity index (χ0n) is 12.5. The Balaban J connectivity index is 1.70. The summed E-state index contributed by atoms with van der Waals surface area (Å²) in [4.78, 5) is 33.7. The van der Waals surface area contributed by atoms with E-state index in [9.17, 15) is 14.4 Å². The minimum absolute atomic E-state index is 0.327. The molecule has 2 aromatic rings. The highest BCUT2D eigenvalue weighted by Crippen LogP contribution is 2.14. The van der Waals surface area contributed by atoms with Gasteiger partial charge in [-0.3, -0.25) is 9.59 Å². The summed E-state index contributed by atoms with van der Waals surface area (Å²) in [5, 5.41) is 2.60. The fourth-order valence-electron chi connectivity index (χ4n) is 1.70. The molecule has 0 bridgehead atoms. The molecule has 0 aliphatic heterocycles. The summed E-state index contributed by atoms with van der Waals surface area (Å²) in [5.74, 6) is -0.682. The molecule has 7 heteroatoms. The molecule has 1 N–H and O–H groups in total. The van der Waals surface area contributed by atoms with E-state index in [-0.39, 0.29) is 6.61 Å². The molecule has 0 fully saturated rings. The van der Waals surface area contributed by atoms with E-state index in [0.717, 1.165) is 4.47 Å². The molecule has 6 nitrogen and oxygen atoms in total. The monoisotopic (exact) mass is 391 g/mol. The molecule has 0 radical (unpaired) electrons. The van der Waals surface area contributed by atoms with E-state index in [0.29, 0.717) is 23.3 Å². The van der Waals surface area contributed by atoms with Crippen LogP contribution in [0, 0.1) is 0 Å². The number of benzene rings is 2. The van der Waals surface area contributed by atoms with Crippen molar-refractivity contribution in [2.24, 2.45) is 0 Å². The quantitative estimate of drug-likeness (QED) is 0.579. The minimum atomic E-state index is -0.666. The topological polar surface area (TPSA) is 81.7 Å². The molecule has 2 rings (SSSR count). The van der Waals surface area contributed by atoms with Gasteiger partial charge in [-0.1, -0.05) is 15.9 Å². The fraction of sp³-hybridized carbons (Fsp3) is 0.118. The van der Waals surface area contributed by atoms with E-state index in [1.54, 1.807) is 48.5 Å². The number of halogens is 1. The van der Waals surface area contributed by atoms with Gasteiger partial charge >= 0.3 is 5.97 Å². The molecular weight excluding hydrogens is 378 g/mol. The first-order valence-electron chi connectivity index (χ1n) is 6.96. The van der Waals surface area contributed by atoms with Gasteiger partial charge in [0, 0.05) is 15.7 Å². The van der Waals surface area contributed by atoms with Gasteiger partial charge in [0.15, 0.2) is 13.2 Å². The van der Waals surface area contributed by atoms with E-state index in [1.165, 1.54) is 0 Å². The molecule has 124 valence electrons. The van der Waals surface area contributed by atoms with Gasteiger partial charge in [0.1, 0.15) is 12.0 Å². The van der Waals surface area contributed by atoms with Crippen LogP contribution in [0.15, 0.2) is 53.0 Å². The maximum Gasteiger partial charge on any atom is 0.344 e. The Bertz CT molecular complexity index is 713. The second-order valence-electron chi connectivity index (χ2n) is 4.69. The van der Waals surface area contributed by atoms with Crippen molar-refractivity contribution in [2.75, 3.05) is 18.5 Å². The Labute approximate surface area is 146 Å². The van der Waals surface area contributed by atoms with Gasteiger partial charge in [0.05, 0.1) is 0 Å². The van der Waals surface area contributed by atoms with Crippen LogP contribution in [0.2, 0.25) is 0 Å². The van der Waals surface area contributed by atoms with Crippen molar-refractivity contribution in [3.63, 3.8) is 0 Å². The lowest BCUT2D eigenvalue weighted by atomic mass is 10.2. The molecule has 0 heterocycles. The first kappa shape index (κ1) is 17.7. The second kappa shape index (κ2) is 8.83. The van der Waals surface area contributed by atoms with Gasteiger partial charge in [0.25, 0.3) is 5.91 Å². The average Bonchev–Trinajstić information content (AvgIpc) is 2.60. The van der Waals surface area contributed by atoms with E-state index in [1.807, 2.05) is 0 Å². The lowest BCUT2D eigenvalue weighted by Crippen LogP contribution is -2.23. The zero-order chi connectivity index (χ0) is 17.4. The van der Waals surface area contributed by atoms with Crippen LogP contribution in [0.3, 0.4) is 0 Å². The molecule has 0 aliphatic carbocycles. The molecule has 0 spiro atoms. The lowest BCUT2D eigenvalue weighted by molar-refractivity contribution is -0.149. The van der Waals surface area contributed by atoms with Crippen molar-refractivity contribution in [3.05, 3.63) is 58.6 Å². The van der Waals surface area contributed by atoms with Crippen molar-refractivity contribution < 1.29 is 23.9 Å². The Hall–Kier alpha value is -2.67. The number of nitrogens with one attached hydrogen (secondary N) is 1. The number of rotatable bonds is 7. The highest BCUT2D eigenvalue weighted by molar-refractivity contribution is 9.10. The maximum atomic E-state index is 11.7. The summed E-state index contributed by atoms with van der Waals surface area (Å²) in [6, 6.07) is 13.3. The highest BCUT2D eigenvalue weighted by Gasteiger charge is 2.09. The molecule has 24 heavy (non-hydrogen) atoms. The Morgan fingerprint density at radius 2 is 1.67 bits per heavy atom. The highest BCUT2D eigenvalue weighted by atomic mass is 79.9. The third kappa shape index (κ3) is 5.85. The third-order valence-electron chi connectivity index (χ3n) is 2.87. The Morgan fingerprint density at radius 3 is 2.29 bits per heavy atom. The van der Waals surface area contributed by atoms with Gasteiger partial charge in [-0.05, 0) is 48.5 Å². The van der Waals surface area contributed by atoms with E-state index >= 15 is 0 Å². The van der Waals surface area contributed by atoms with Crippen LogP contribution >= 0.6 is 15.9 Å². The van der Waals surface area contributed by atoms with Gasteiger partial charge in [0.2, 0.25) is 0 Å². The molecule has 0 aliphatic rings. The molecule has 0 saturated carbocycles. The molecule has 0 saturated heterocycles. The van der Waals surface area contributed by atoms with Crippen molar-refractivity contribution >= 4 is 39.8 Å². The van der Waals surface area contributed by atoms with Crippen LogP contribution in [0.25, 0.3) is 0 Å². The van der Waals surface area contributed by atoms with E-state index in [4.69, 9.17) is 9.47 Å². The smallest absolute Gasteiger partial charge is 0.344 e. The van der Waals surface area contributed by atoms with Crippen LogP contribution in [0.4, 0.5) is 5.69 Å². The molecule has 0 aromatic heterocycles. The molecule has 2 aromatic carbocycles. The van der Waals surface area contributed by atoms with E-state index in [2.05, 4.69) is 21.2 Å². The van der Waals surface area contributed by atoms with Gasteiger partial charge in [-0.2, -0.15) is 0 Å². The van der Waals surface area contributed by atoms with Crippen LogP contribution in [0.1, 0.15) is 10.4 Å². The lowest BCUT2D eigenvalue weighted by Gasteiger charge is -2.08. The number of hydrogen-bond donors (Lipinski definition) is 1. The second-order valence-corrected chi connectivity index (χ2v) is 5.61. The summed E-state index contributed by atoms with van der Waals surface area (Å²) in [6.45, 7) is -0.728. The molecule has 0 atom stereocenters. The Morgan fingerprint density at radius 1 is 1.00 bits per heavy atom. The van der Waals surface area contributed by atoms with E-state index < -0.39 is 18.5 Å². The van der Waals surface area contributed by atoms with Crippen LogP contribution in [0.5, 0.6) is 5.75 Å². The molecular formula is C17H14BrNO5. The molecule has 1 amide bonds. The summed E-state index contributed by atoms with van der Waals surface area (Å²) >= 11 is 3.29. The van der Waals surface area contributed by atoms with Crippen molar-refractivity contribution in [1.29, 1.82) is 0 Å². The summed E-state index contributed by atoms with van der Waals surface area (Å²) in [5.41, 5.74) is 1.11. The van der Waals surface area contributed by atoms with Crippen LogP contribution < -0.4 is 10.1 Å². The first-order chi connectivity index (χ1) is 11.6. The third-order valence-corrected chi connectivity index (χ3v) is 3.39. The zero-order valence-corrected chi connectivity index (χ0v) is 14.1. The Kier molecular flexibility index (Phi) is 6.51. The summed E-state index contributed by atoms with van der Waals surface area (Å²) in [6.07, 6.45) is 0.710. The molecule has 0 unspecified atom stereocenters. The number of carbonyl (C=O) groups is 3. The predicted molar refractivity (Wildman–Crippen MR) is 91.1 cm³/mol. The first-order valence-corrected chi connectivity index (χ1v) is 7.75. The predicted octanol–water partition coefficient (Wildman–Crippen LogP) is 2.82. The fourth-order valence-corrected chi connectivity index (χ4v) is 1.97. The summed E-state index contributed by atoms with van der Waals surface area (Å²) < 4.78 is 10.9. The SMILES string of the molecule is O=Cc1ccc(OCC(=O)OCC(=O)Nc2ccc(Br)cc2)cc1. The van der Waals surface area contributed by atoms with Crippen LogP contribution in [-0.4, -0.2) is 31.4 Å². The number of carbonyl (C=O) groups excluding carboxylic acids is 3. The standard InChI is InChI=1S/C17H14BrNO5/c18-13-3-5-14(6-4-13)19-16(21)10-24-17(22)11-23-15-7-1-12(9-20)2-8-15/h1-9H,10-11H2,(H,19,21). The minimum Gasteiger partial charge on any atom is -0.482 e. The number of esters is 1. The maximum absolute atomic E-state index is 11.7. The van der Waals surface area contributed by atoms with Gasteiger partial charge in [-0.15, -0.1) is 0 Å². The summed E-state index contributed by atoms with van der Waals surface area (Å²) in [7, 11) is 0. The van der Waals surface area contributed by atoms with Crippen molar-refractivity contribution in [3.8, 4) is 5.75 Å². The number of anilines is 1. The number of ether oxygens (including phenoxy) is 2. The van der Waals surface area contributed by atoms with Crippen molar-refractivity contribution in [2.45, 2.75) is 0 Å². The van der Waals surface area contributed by atoms with Crippen LogP contribution in [-0.2, 0) is 14.3 Å². The van der Waals surface area contributed by atoms with Gasteiger partial charge in [-0.25, -0.2) is 4.79 Å².